The fraction of sp³-hybridized carbons (Fsp3) is 0.0476. The Kier molecular flexibility index (Phi) is 5.31. The van der Waals surface area contributed by atoms with Crippen molar-refractivity contribution in [1.29, 1.82) is 0 Å². The summed E-state index contributed by atoms with van der Waals surface area (Å²) in [6.07, 6.45) is 6.99. The van der Waals surface area contributed by atoms with Crippen LogP contribution in [0.3, 0.4) is 0 Å². The zero-order valence-corrected chi connectivity index (χ0v) is 25.4. The molecule has 2 nitrogen and oxygen atoms in total. The van der Waals surface area contributed by atoms with Gasteiger partial charge in [0.2, 0.25) is 0 Å². The third-order valence-electron chi connectivity index (χ3n) is 9.54. The van der Waals surface area contributed by atoms with Crippen LogP contribution in [0.4, 0.5) is 0 Å². The monoisotopic (exact) mass is 592 g/mol. The fourth-order valence-electron chi connectivity index (χ4n) is 7.63. The highest BCUT2D eigenvalue weighted by atomic mass is 32.1. The molecule has 212 valence electrons. The summed E-state index contributed by atoms with van der Waals surface area (Å²) in [6, 6.07) is 49.1. The number of hydrogen-bond acceptors (Lipinski definition) is 1. The van der Waals surface area contributed by atoms with Gasteiger partial charge in [0.15, 0.2) is 0 Å². The van der Waals surface area contributed by atoms with Crippen molar-refractivity contribution in [1.82, 2.24) is 9.13 Å². The Morgan fingerprint density at radius 3 is 2.13 bits per heavy atom. The molecule has 0 aliphatic heterocycles. The van der Waals surface area contributed by atoms with Crippen LogP contribution in [0.5, 0.6) is 0 Å². The highest BCUT2D eigenvalue weighted by molar-refractivity contribution is 7.26. The van der Waals surface area contributed by atoms with Crippen LogP contribution in [0.25, 0.3) is 87.5 Å². The average molecular weight is 593 g/mol. The van der Waals surface area contributed by atoms with E-state index >= 15 is 0 Å². The van der Waals surface area contributed by atoms with Crippen molar-refractivity contribution in [3.05, 3.63) is 144 Å². The molecule has 1 aliphatic rings. The molecule has 0 bridgehead atoms. The molecule has 0 saturated carbocycles. The van der Waals surface area contributed by atoms with E-state index < -0.39 is 0 Å². The minimum absolute atomic E-state index is 1.07. The van der Waals surface area contributed by atoms with Gasteiger partial charge in [-0.05, 0) is 54.8 Å². The largest absolute Gasteiger partial charge is 0.309 e. The van der Waals surface area contributed by atoms with E-state index in [1.54, 1.807) is 0 Å². The molecule has 1 aliphatic carbocycles. The van der Waals surface area contributed by atoms with Crippen LogP contribution < -0.4 is 10.6 Å². The predicted molar refractivity (Wildman–Crippen MR) is 193 cm³/mol. The molecular formula is C42H28N2S. The summed E-state index contributed by atoms with van der Waals surface area (Å²) in [5.74, 6) is 0. The van der Waals surface area contributed by atoms with Crippen LogP contribution in [0.2, 0.25) is 0 Å². The lowest BCUT2D eigenvalue weighted by molar-refractivity contribution is 1.03. The van der Waals surface area contributed by atoms with Gasteiger partial charge in [0, 0.05) is 53.4 Å². The van der Waals surface area contributed by atoms with Gasteiger partial charge < -0.3 is 9.13 Å². The van der Waals surface area contributed by atoms with Crippen molar-refractivity contribution >= 4 is 76.4 Å². The molecule has 0 amide bonds. The van der Waals surface area contributed by atoms with E-state index in [1.165, 1.54) is 86.0 Å². The summed E-state index contributed by atoms with van der Waals surface area (Å²) in [6.45, 7) is 0. The summed E-state index contributed by atoms with van der Waals surface area (Å²) in [5.41, 5.74) is 8.62. The molecule has 6 aromatic carbocycles. The fourth-order valence-corrected chi connectivity index (χ4v) is 8.87. The van der Waals surface area contributed by atoms with Gasteiger partial charge in [-0.25, -0.2) is 0 Å². The minimum Gasteiger partial charge on any atom is -0.309 e. The van der Waals surface area contributed by atoms with Crippen molar-refractivity contribution in [2.24, 2.45) is 0 Å². The number of aromatic nitrogens is 2. The highest BCUT2D eigenvalue weighted by Gasteiger charge is 2.19. The molecule has 0 fully saturated rings. The number of hydrogen-bond donors (Lipinski definition) is 0. The molecular weight excluding hydrogens is 565 g/mol. The van der Waals surface area contributed by atoms with E-state index in [4.69, 9.17) is 0 Å². The molecule has 9 aromatic rings. The highest BCUT2D eigenvalue weighted by Crippen LogP contribution is 2.43. The molecule has 3 aromatic heterocycles. The van der Waals surface area contributed by atoms with Crippen LogP contribution in [-0.2, 0) is 0 Å². The van der Waals surface area contributed by atoms with Crippen molar-refractivity contribution in [3.63, 3.8) is 0 Å². The molecule has 0 radical (unpaired) electrons. The summed E-state index contributed by atoms with van der Waals surface area (Å²) >= 11 is 1.90. The van der Waals surface area contributed by atoms with Gasteiger partial charge in [-0.1, -0.05) is 109 Å². The van der Waals surface area contributed by atoms with E-state index in [-0.39, 0.29) is 0 Å². The predicted octanol–water partition coefficient (Wildman–Crippen LogP) is 10.1. The molecule has 0 N–H and O–H groups in total. The SMILES string of the molecule is C1=c2c(n(-c3ccccc3-c3cccc(-n4c5ccccc5c5ccc6c7ccccc7sc6c54)c3)c3ccccc23)=CCC1. The minimum atomic E-state index is 1.07. The Bertz CT molecular complexity index is 2770. The maximum Gasteiger partial charge on any atom is 0.0719 e. The maximum absolute atomic E-state index is 2.49. The Hall–Kier alpha value is -5.38. The number of nitrogens with zero attached hydrogens (tertiary/aromatic N) is 2. The van der Waals surface area contributed by atoms with Crippen LogP contribution in [0, 0.1) is 0 Å². The summed E-state index contributed by atoms with van der Waals surface area (Å²) in [7, 11) is 0. The Labute approximate surface area is 264 Å². The van der Waals surface area contributed by atoms with Gasteiger partial charge in [0.05, 0.1) is 26.9 Å². The maximum atomic E-state index is 2.49. The summed E-state index contributed by atoms with van der Waals surface area (Å²) < 4.78 is 7.64. The van der Waals surface area contributed by atoms with Gasteiger partial charge in [0.1, 0.15) is 0 Å². The number of para-hydroxylation sites is 3. The quantitative estimate of drug-likeness (QED) is 0.193. The zero-order chi connectivity index (χ0) is 29.5. The first-order chi connectivity index (χ1) is 22.3. The molecule has 0 unspecified atom stereocenters. The van der Waals surface area contributed by atoms with Crippen molar-refractivity contribution < 1.29 is 0 Å². The molecule has 45 heavy (non-hydrogen) atoms. The Morgan fingerprint density at radius 1 is 0.511 bits per heavy atom. The first kappa shape index (κ1) is 25.0. The smallest absolute Gasteiger partial charge is 0.0719 e. The summed E-state index contributed by atoms with van der Waals surface area (Å²) in [4.78, 5) is 0. The summed E-state index contributed by atoms with van der Waals surface area (Å²) in [5, 5.41) is 9.23. The molecule has 3 heterocycles. The van der Waals surface area contributed by atoms with Gasteiger partial charge in [-0.2, -0.15) is 0 Å². The van der Waals surface area contributed by atoms with Crippen LogP contribution in [0.1, 0.15) is 12.8 Å². The second kappa shape index (κ2) is 9.56. The Morgan fingerprint density at radius 2 is 1.22 bits per heavy atom. The van der Waals surface area contributed by atoms with Gasteiger partial charge in [-0.15, -0.1) is 11.3 Å². The number of thiophene rings is 1. The van der Waals surface area contributed by atoms with E-state index in [9.17, 15) is 0 Å². The third kappa shape index (κ3) is 3.56. The van der Waals surface area contributed by atoms with Crippen molar-refractivity contribution in [2.75, 3.05) is 0 Å². The Balaban J connectivity index is 1.26. The zero-order valence-electron chi connectivity index (χ0n) is 24.6. The number of benzene rings is 6. The number of fused-ring (bicyclic) bond motifs is 10. The first-order valence-corrected chi connectivity index (χ1v) is 16.5. The lowest BCUT2D eigenvalue weighted by Crippen LogP contribution is -2.30. The van der Waals surface area contributed by atoms with Gasteiger partial charge in [0.25, 0.3) is 0 Å². The lowest BCUT2D eigenvalue weighted by Gasteiger charge is -2.15. The normalized spacial score (nSPS) is 13.1. The third-order valence-corrected chi connectivity index (χ3v) is 10.7. The van der Waals surface area contributed by atoms with Crippen LogP contribution in [0.15, 0.2) is 133 Å². The van der Waals surface area contributed by atoms with Gasteiger partial charge in [-0.3, -0.25) is 0 Å². The number of rotatable bonds is 3. The van der Waals surface area contributed by atoms with E-state index in [0.717, 1.165) is 12.8 Å². The molecule has 10 rings (SSSR count). The molecule has 0 saturated heterocycles. The second-order valence-corrected chi connectivity index (χ2v) is 13.0. The molecule has 0 spiro atoms. The molecule has 3 heteroatoms. The van der Waals surface area contributed by atoms with E-state index in [2.05, 4.69) is 155 Å². The van der Waals surface area contributed by atoms with Crippen molar-refractivity contribution in [3.8, 4) is 22.5 Å². The van der Waals surface area contributed by atoms with Crippen LogP contribution >= 0.6 is 11.3 Å². The van der Waals surface area contributed by atoms with E-state index in [1.807, 2.05) is 11.3 Å². The van der Waals surface area contributed by atoms with E-state index in [0.29, 0.717) is 0 Å². The van der Waals surface area contributed by atoms with Crippen LogP contribution in [-0.4, -0.2) is 9.13 Å². The van der Waals surface area contributed by atoms with Crippen molar-refractivity contribution in [2.45, 2.75) is 12.8 Å². The second-order valence-electron chi connectivity index (χ2n) is 12.0. The average Bonchev–Trinajstić information content (AvgIpc) is 3.76. The first-order valence-electron chi connectivity index (χ1n) is 15.7. The topological polar surface area (TPSA) is 9.86 Å². The standard InChI is InChI=1S/C42H28N2S/c1-6-19-36(44-38-21-8-2-15-30(38)31-16-3-9-22-39(31)44)29(14-1)27-12-11-13-28(26-27)43-37-20-7-4-17-32(37)34-24-25-35-33-18-5-10-23-40(33)45-42(35)41(34)43/h1-2,4-8,10-26H,3,9H2. The molecule has 0 atom stereocenters. The van der Waals surface area contributed by atoms with Gasteiger partial charge >= 0.3 is 0 Å². The lowest BCUT2D eigenvalue weighted by atomic mass is 10.0.